The summed E-state index contributed by atoms with van der Waals surface area (Å²) < 4.78 is 1.09. The van der Waals surface area contributed by atoms with Gasteiger partial charge in [0.15, 0.2) is 0 Å². The van der Waals surface area contributed by atoms with Gasteiger partial charge in [-0.3, -0.25) is 9.59 Å². The molecule has 0 heterocycles. The minimum atomic E-state index is -0.292. The van der Waals surface area contributed by atoms with Crippen molar-refractivity contribution in [1.82, 2.24) is 5.32 Å². The molecule has 0 bridgehead atoms. The Balaban J connectivity index is 0.000000236. The highest BCUT2D eigenvalue weighted by Gasteiger charge is 2.22. The fourth-order valence-electron chi connectivity index (χ4n) is 3.67. The summed E-state index contributed by atoms with van der Waals surface area (Å²) in [6, 6.07) is 16.3. The number of carbonyl (C=O) groups is 2. The molecule has 3 N–H and O–H groups in total. The highest BCUT2D eigenvalue weighted by molar-refractivity contribution is 9.10. The zero-order valence-electron chi connectivity index (χ0n) is 18.7. The van der Waals surface area contributed by atoms with E-state index in [1.54, 1.807) is 36.4 Å². The lowest BCUT2D eigenvalue weighted by atomic mass is 10.1. The van der Waals surface area contributed by atoms with E-state index in [0.717, 1.165) is 17.3 Å². The molecule has 4 rings (SSSR count). The molecule has 5 nitrogen and oxygen atoms in total. The first-order chi connectivity index (χ1) is 17.1. The Kier molecular flexibility index (Phi) is 11.2. The van der Waals surface area contributed by atoms with Gasteiger partial charge in [0.2, 0.25) is 11.8 Å². The van der Waals surface area contributed by atoms with Crippen molar-refractivity contribution >= 4 is 97.1 Å². The summed E-state index contributed by atoms with van der Waals surface area (Å²) in [6.07, 6.45) is 2.03. The molecule has 1 unspecified atom stereocenters. The number of anilines is 2. The second-order valence-corrected chi connectivity index (χ2v) is 10.8. The van der Waals surface area contributed by atoms with Crippen LogP contribution in [-0.2, 0) is 16.0 Å². The van der Waals surface area contributed by atoms with Crippen LogP contribution in [0.2, 0.25) is 20.1 Å². The SMILES string of the molecule is O=C(CCl)Nc1cc(Cl)cc(Cl)c1.O=C(CNC1CCc2cc(Br)ccc21)Nc1cc(Cl)cc(Cl)c1. The lowest BCUT2D eigenvalue weighted by Gasteiger charge is -2.14. The summed E-state index contributed by atoms with van der Waals surface area (Å²) in [7, 11) is 0. The van der Waals surface area contributed by atoms with E-state index in [4.69, 9.17) is 58.0 Å². The van der Waals surface area contributed by atoms with Gasteiger partial charge in [-0.2, -0.15) is 0 Å². The van der Waals surface area contributed by atoms with E-state index in [1.807, 2.05) is 6.07 Å². The van der Waals surface area contributed by atoms with Crippen LogP contribution in [0.5, 0.6) is 0 Å². The molecule has 190 valence electrons. The first-order valence-corrected chi connectivity index (χ1v) is 13.6. The van der Waals surface area contributed by atoms with Crippen molar-refractivity contribution in [3.8, 4) is 0 Å². The molecule has 0 spiro atoms. The van der Waals surface area contributed by atoms with E-state index in [2.05, 4.69) is 44.0 Å². The zero-order chi connectivity index (χ0) is 26.2. The first kappa shape index (κ1) is 29.1. The van der Waals surface area contributed by atoms with E-state index in [9.17, 15) is 9.59 Å². The van der Waals surface area contributed by atoms with Crippen LogP contribution < -0.4 is 16.0 Å². The van der Waals surface area contributed by atoms with Gasteiger partial charge in [0.05, 0.1) is 6.54 Å². The van der Waals surface area contributed by atoms with Crippen molar-refractivity contribution in [1.29, 1.82) is 0 Å². The fourth-order valence-corrected chi connectivity index (χ4v) is 5.19. The van der Waals surface area contributed by atoms with Crippen molar-refractivity contribution in [2.24, 2.45) is 0 Å². The Hall–Kier alpha value is -1.51. The van der Waals surface area contributed by atoms with Crippen LogP contribution >= 0.6 is 73.9 Å². The van der Waals surface area contributed by atoms with Crippen molar-refractivity contribution < 1.29 is 9.59 Å². The van der Waals surface area contributed by atoms with Crippen molar-refractivity contribution in [3.05, 3.63) is 90.3 Å². The van der Waals surface area contributed by atoms with Crippen LogP contribution in [0, 0.1) is 0 Å². The van der Waals surface area contributed by atoms with Gasteiger partial charge in [0, 0.05) is 42.0 Å². The second kappa shape index (κ2) is 13.9. The van der Waals surface area contributed by atoms with E-state index in [0.29, 0.717) is 31.5 Å². The topological polar surface area (TPSA) is 70.2 Å². The quantitative estimate of drug-likeness (QED) is 0.236. The number of benzene rings is 3. The number of halogens is 6. The summed E-state index contributed by atoms with van der Waals surface area (Å²) in [4.78, 5) is 23.0. The number of aryl methyl sites for hydroxylation is 1. The molecule has 0 radical (unpaired) electrons. The number of hydrogen-bond donors (Lipinski definition) is 3. The molecule has 2 amide bonds. The summed E-state index contributed by atoms with van der Waals surface area (Å²) in [5.41, 5.74) is 3.75. The monoisotopic (exact) mass is 649 g/mol. The molecule has 36 heavy (non-hydrogen) atoms. The normalized spacial score (nSPS) is 13.9. The maximum absolute atomic E-state index is 12.1. The van der Waals surface area contributed by atoms with E-state index < -0.39 is 0 Å². The standard InChI is InChI=1S/C17H15BrCl2N2O.C8H6Cl3NO/c18-11-2-3-15-10(5-11)1-4-16(15)21-9-17(23)22-14-7-12(19)6-13(20)8-14;9-4-8(13)12-7-2-5(10)1-6(11)3-7/h2-3,5-8,16,21H,1,4,9H2,(H,22,23);1-3H,4H2,(H,12,13). The van der Waals surface area contributed by atoms with E-state index >= 15 is 0 Å². The van der Waals surface area contributed by atoms with Crippen molar-refractivity contribution in [2.45, 2.75) is 18.9 Å². The van der Waals surface area contributed by atoms with Gasteiger partial charge in [-0.1, -0.05) is 68.4 Å². The van der Waals surface area contributed by atoms with Crippen LogP contribution in [-0.4, -0.2) is 24.2 Å². The largest absolute Gasteiger partial charge is 0.325 e. The van der Waals surface area contributed by atoms with Gasteiger partial charge < -0.3 is 16.0 Å². The molecule has 0 aliphatic heterocycles. The number of rotatable bonds is 6. The Bertz CT molecular complexity index is 1220. The number of hydrogen-bond acceptors (Lipinski definition) is 3. The highest BCUT2D eigenvalue weighted by atomic mass is 79.9. The van der Waals surface area contributed by atoms with E-state index in [1.165, 1.54) is 11.1 Å². The molecule has 1 atom stereocenters. The second-order valence-electron chi connectivity index (χ2n) is 7.86. The Morgan fingerprint density at radius 2 is 1.33 bits per heavy atom. The average Bonchev–Trinajstić information content (AvgIpc) is 3.18. The maximum atomic E-state index is 12.1. The molecule has 1 aliphatic rings. The summed E-state index contributed by atoms with van der Waals surface area (Å²) in [5.74, 6) is -0.502. The van der Waals surface area contributed by atoms with Crippen LogP contribution in [0.1, 0.15) is 23.6 Å². The maximum Gasteiger partial charge on any atom is 0.239 e. The van der Waals surface area contributed by atoms with Crippen LogP contribution in [0.15, 0.2) is 59.1 Å². The first-order valence-electron chi connectivity index (χ1n) is 10.7. The number of nitrogens with one attached hydrogen (secondary N) is 3. The Morgan fingerprint density at radius 1 is 0.806 bits per heavy atom. The lowest BCUT2D eigenvalue weighted by Crippen LogP contribution is -2.30. The van der Waals surface area contributed by atoms with E-state index in [-0.39, 0.29) is 30.3 Å². The summed E-state index contributed by atoms with van der Waals surface area (Å²) in [5, 5.41) is 10.6. The predicted molar refractivity (Wildman–Crippen MR) is 154 cm³/mol. The van der Waals surface area contributed by atoms with Gasteiger partial charge in [-0.05, 0) is 72.5 Å². The molecule has 11 heteroatoms. The number of amides is 2. The lowest BCUT2D eigenvalue weighted by molar-refractivity contribution is -0.115. The minimum absolute atomic E-state index is 0.0931. The van der Waals surface area contributed by atoms with Gasteiger partial charge >= 0.3 is 0 Å². The number of alkyl halides is 1. The zero-order valence-corrected chi connectivity index (χ0v) is 24.1. The molecular weight excluding hydrogens is 631 g/mol. The molecular formula is C25H21BrCl5N3O2. The predicted octanol–water partition coefficient (Wildman–Crippen LogP) is 8.14. The van der Waals surface area contributed by atoms with Gasteiger partial charge in [-0.15, -0.1) is 11.6 Å². The highest BCUT2D eigenvalue weighted by Crippen LogP contribution is 2.32. The molecule has 3 aromatic carbocycles. The summed E-state index contributed by atoms with van der Waals surface area (Å²) in [6.45, 7) is 0.240. The van der Waals surface area contributed by atoms with Crippen LogP contribution in [0.3, 0.4) is 0 Å². The minimum Gasteiger partial charge on any atom is -0.325 e. The molecule has 3 aromatic rings. The van der Waals surface area contributed by atoms with Gasteiger partial charge in [0.25, 0.3) is 0 Å². The Labute approximate surface area is 242 Å². The third kappa shape index (κ3) is 9.10. The molecule has 1 aliphatic carbocycles. The van der Waals surface area contributed by atoms with Crippen molar-refractivity contribution in [2.75, 3.05) is 23.1 Å². The van der Waals surface area contributed by atoms with Gasteiger partial charge in [-0.25, -0.2) is 0 Å². The fraction of sp³-hybridized carbons (Fsp3) is 0.200. The van der Waals surface area contributed by atoms with Crippen molar-refractivity contribution in [3.63, 3.8) is 0 Å². The van der Waals surface area contributed by atoms with Crippen LogP contribution in [0.25, 0.3) is 0 Å². The average molecular weight is 653 g/mol. The molecule has 0 saturated heterocycles. The molecule has 0 saturated carbocycles. The molecule has 0 aromatic heterocycles. The Morgan fingerprint density at radius 3 is 1.86 bits per heavy atom. The summed E-state index contributed by atoms with van der Waals surface area (Å²) >= 11 is 32.1. The number of carbonyl (C=O) groups excluding carboxylic acids is 2. The third-order valence-corrected chi connectivity index (χ3v) is 6.71. The molecule has 0 fully saturated rings. The van der Waals surface area contributed by atoms with Crippen LogP contribution in [0.4, 0.5) is 11.4 Å². The third-order valence-electron chi connectivity index (χ3n) is 5.11. The smallest absolute Gasteiger partial charge is 0.239 e. The number of fused-ring (bicyclic) bond motifs is 1. The van der Waals surface area contributed by atoms with Gasteiger partial charge in [0.1, 0.15) is 5.88 Å².